The number of hydrogen-bond acceptors (Lipinski definition) is 7. The Kier molecular flexibility index (Phi) is 6.38. The molecular formula is C21H23ClN4O5S. The third kappa shape index (κ3) is 4.31. The third-order valence-corrected chi connectivity index (χ3v) is 7.42. The molecule has 11 heteroatoms. The fourth-order valence-corrected chi connectivity index (χ4v) is 5.26. The van der Waals surface area contributed by atoms with Crippen molar-refractivity contribution in [2.75, 3.05) is 32.0 Å². The molecule has 1 aliphatic heterocycles. The van der Waals surface area contributed by atoms with E-state index in [1.807, 2.05) is 11.5 Å². The molecule has 32 heavy (non-hydrogen) atoms. The van der Waals surface area contributed by atoms with Crippen LogP contribution in [0.2, 0.25) is 5.02 Å². The van der Waals surface area contributed by atoms with Crippen LogP contribution in [0.25, 0.3) is 11.0 Å². The van der Waals surface area contributed by atoms with Crippen LogP contribution in [0.15, 0.2) is 41.3 Å². The Labute approximate surface area is 190 Å². The summed E-state index contributed by atoms with van der Waals surface area (Å²) in [6.45, 7) is 3.80. The van der Waals surface area contributed by atoms with Crippen LogP contribution in [-0.4, -0.2) is 54.5 Å². The molecule has 4 rings (SSSR count). The van der Waals surface area contributed by atoms with Crippen LogP contribution in [0.3, 0.4) is 0 Å². The molecule has 1 aromatic heterocycles. The Bertz CT molecular complexity index is 1270. The Balaban J connectivity index is 1.59. The first-order chi connectivity index (χ1) is 15.3. The van der Waals surface area contributed by atoms with E-state index >= 15 is 0 Å². The van der Waals surface area contributed by atoms with Crippen LogP contribution in [0.1, 0.15) is 23.1 Å². The minimum atomic E-state index is -3.64. The first-order valence-electron chi connectivity index (χ1n) is 10.1. The predicted octanol–water partition coefficient (Wildman–Crippen LogP) is 2.67. The van der Waals surface area contributed by atoms with Gasteiger partial charge < -0.3 is 19.8 Å². The average molecular weight is 479 g/mol. The Hall–Kier alpha value is -2.66. The number of esters is 1. The second-order valence-electron chi connectivity index (χ2n) is 7.25. The number of halogens is 1. The molecule has 2 heterocycles. The molecule has 2 aromatic carbocycles. The van der Waals surface area contributed by atoms with Gasteiger partial charge in [0.05, 0.1) is 34.7 Å². The molecule has 9 nitrogen and oxygen atoms in total. The first kappa shape index (κ1) is 22.5. The summed E-state index contributed by atoms with van der Waals surface area (Å²) in [7, 11) is -3.64. The van der Waals surface area contributed by atoms with E-state index in [2.05, 4.69) is 4.98 Å². The lowest BCUT2D eigenvalue weighted by Gasteiger charge is -2.26. The van der Waals surface area contributed by atoms with E-state index in [1.165, 1.54) is 16.4 Å². The smallest absolute Gasteiger partial charge is 0.340 e. The predicted molar refractivity (Wildman–Crippen MR) is 120 cm³/mol. The van der Waals surface area contributed by atoms with Gasteiger partial charge in [0.25, 0.3) is 0 Å². The van der Waals surface area contributed by atoms with E-state index in [0.717, 1.165) is 5.52 Å². The summed E-state index contributed by atoms with van der Waals surface area (Å²) in [5.74, 6) is -0.0891. The SMILES string of the molecule is CCn1c(COC(=O)c2ccc(Cl)cc2N)nc2cc(S(=O)(=O)N3CCOCC3)ccc21. The lowest BCUT2D eigenvalue weighted by Crippen LogP contribution is -2.40. The van der Waals surface area contributed by atoms with Gasteiger partial charge in [0.15, 0.2) is 0 Å². The van der Waals surface area contributed by atoms with Crippen molar-refractivity contribution in [1.29, 1.82) is 0 Å². The van der Waals surface area contributed by atoms with Crippen LogP contribution in [-0.2, 0) is 32.6 Å². The van der Waals surface area contributed by atoms with Crippen LogP contribution in [0, 0.1) is 0 Å². The van der Waals surface area contributed by atoms with Gasteiger partial charge in [0, 0.05) is 30.3 Å². The van der Waals surface area contributed by atoms with Crippen LogP contribution < -0.4 is 5.73 Å². The number of imidazole rings is 1. The molecule has 1 fully saturated rings. The summed E-state index contributed by atoms with van der Waals surface area (Å²) in [4.78, 5) is 17.2. The number of benzene rings is 2. The minimum Gasteiger partial charge on any atom is -0.454 e. The average Bonchev–Trinajstić information content (AvgIpc) is 3.14. The van der Waals surface area contributed by atoms with E-state index < -0.39 is 16.0 Å². The van der Waals surface area contributed by atoms with Crippen molar-refractivity contribution in [3.05, 3.63) is 52.8 Å². The van der Waals surface area contributed by atoms with Gasteiger partial charge in [-0.3, -0.25) is 0 Å². The second-order valence-corrected chi connectivity index (χ2v) is 9.62. The normalized spacial score (nSPS) is 15.2. The molecule has 0 aliphatic carbocycles. The molecule has 1 saturated heterocycles. The molecule has 0 unspecified atom stereocenters. The maximum atomic E-state index is 13.0. The van der Waals surface area contributed by atoms with Crippen molar-refractivity contribution in [1.82, 2.24) is 13.9 Å². The van der Waals surface area contributed by atoms with Crippen molar-refractivity contribution in [2.45, 2.75) is 25.0 Å². The number of sulfonamides is 1. The standard InChI is InChI=1S/C21H23ClN4O5S/c1-2-26-19-6-4-15(32(28,29)25-7-9-30-10-8-25)12-18(19)24-20(26)13-31-21(27)16-5-3-14(22)11-17(16)23/h3-6,11-12H,2,7-10,13,23H2,1H3. The highest BCUT2D eigenvalue weighted by Gasteiger charge is 2.27. The molecular weight excluding hydrogens is 456 g/mol. The molecule has 170 valence electrons. The van der Waals surface area contributed by atoms with Gasteiger partial charge in [-0.1, -0.05) is 11.6 Å². The van der Waals surface area contributed by atoms with Crippen LogP contribution in [0.5, 0.6) is 0 Å². The molecule has 0 atom stereocenters. The summed E-state index contributed by atoms with van der Waals surface area (Å²) in [5.41, 5.74) is 7.56. The van der Waals surface area contributed by atoms with Gasteiger partial charge in [-0.15, -0.1) is 0 Å². The number of ether oxygens (including phenoxy) is 2. The molecule has 0 radical (unpaired) electrons. The minimum absolute atomic E-state index is 0.0883. The topological polar surface area (TPSA) is 117 Å². The maximum absolute atomic E-state index is 13.0. The highest BCUT2D eigenvalue weighted by Crippen LogP contribution is 2.25. The van der Waals surface area contributed by atoms with E-state index in [9.17, 15) is 13.2 Å². The third-order valence-electron chi connectivity index (χ3n) is 5.29. The van der Waals surface area contributed by atoms with Crippen molar-refractivity contribution in [3.63, 3.8) is 0 Å². The number of aromatic nitrogens is 2. The molecule has 0 amide bonds. The van der Waals surface area contributed by atoms with E-state index in [4.69, 9.17) is 26.8 Å². The number of morpholine rings is 1. The monoisotopic (exact) mass is 478 g/mol. The zero-order valence-corrected chi connectivity index (χ0v) is 19.0. The molecule has 0 bridgehead atoms. The quantitative estimate of drug-likeness (QED) is 0.427. The number of carbonyl (C=O) groups excluding carboxylic acids is 1. The van der Waals surface area contributed by atoms with E-state index in [1.54, 1.807) is 24.3 Å². The summed E-state index contributed by atoms with van der Waals surface area (Å²) in [5, 5.41) is 0.426. The fraction of sp³-hybridized carbons (Fsp3) is 0.333. The number of nitrogens with zero attached hydrogens (tertiary/aromatic N) is 3. The lowest BCUT2D eigenvalue weighted by molar-refractivity contribution is 0.0460. The number of carbonyl (C=O) groups is 1. The molecule has 0 spiro atoms. The summed E-state index contributed by atoms with van der Waals surface area (Å²) >= 11 is 5.88. The van der Waals surface area contributed by atoms with Crippen molar-refractivity contribution >= 4 is 44.3 Å². The Morgan fingerprint density at radius 1 is 1.22 bits per heavy atom. The van der Waals surface area contributed by atoms with Crippen LogP contribution >= 0.6 is 11.6 Å². The number of rotatable bonds is 6. The van der Waals surface area contributed by atoms with Crippen molar-refractivity contribution in [3.8, 4) is 0 Å². The van der Waals surface area contributed by atoms with Gasteiger partial charge in [-0.25, -0.2) is 18.2 Å². The van der Waals surface area contributed by atoms with Gasteiger partial charge >= 0.3 is 5.97 Å². The zero-order chi connectivity index (χ0) is 22.9. The van der Waals surface area contributed by atoms with Crippen molar-refractivity contribution < 1.29 is 22.7 Å². The summed E-state index contributed by atoms with van der Waals surface area (Å²) in [6, 6.07) is 9.40. The van der Waals surface area contributed by atoms with Crippen molar-refractivity contribution in [2.24, 2.45) is 0 Å². The van der Waals surface area contributed by atoms with Gasteiger partial charge in [0.2, 0.25) is 10.0 Å². The Morgan fingerprint density at radius 3 is 2.66 bits per heavy atom. The first-order valence-corrected chi connectivity index (χ1v) is 11.9. The number of nitrogen functional groups attached to an aromatic ring is 1. The van der Waals surface area contributed by atoms with Gasteiger partial charge in [-0.05, 0) is 43.3 Å². The summed E-state index contributed by atoms with van der Waals surface area (Å²) < 4.78 is 39.9. The largest absolute Gasteiger partial charge is 0.454 e. The lowest BCUT2D eigenvalue weighted by atomic mass is 10.2. The molecule has 1 aliphatic rings. The highest BCUT2D eigenvalue weighted by molar-refractivity contribution is 7.89. The number of anilines is 1. The van der Waals surface area contributed by atoms with E-state index in [-0.39, 0.29) is 22.8 Å². The maximum Gasteiger partial charge on any atom is 0.340 e. The second kappa shape index (κ2) is 9.07. The molecule has 3 aromatic rings. The fourth-order valence-electron chi connectivity index (χ4n) is 3.65. The Morgan fingerprint density at radius 2 is 1.97 bits per heavy atom. The zero-order valence-electron chi connectivity index (χ0n) is 17.5. The summed E-state index contributed by atoms with van der Waals surface area (Å²) in [6.07, 6.45) is 0. The number of fused-ring (bicyclic) bond motifs is 1. The molecule has 2 N–H and O–H groups in total. The van der Waals surface area contributed by atoms with Gasteiger partial charge in [-0.2, -0.15) is 4.31 Å². The number of aryl methyl sites for hydroxylation is 1. The molecule has 0 saturated carbocycles. The van der Waals surface area contributed by atoms with Crippen LogP contribution in [0.4, 0.5) is 5.69 Å². The van der Waals surface area contributed by atoms with E-state index in [0.29, 0.717) is 49.2 Å². The number of nitrogens with two attached hydrogens (primary N) is 1. The van der Waals surface area contributed by atoms with Gasteiger partial charge in [0.1, 0.15) is 12.4 Å². The highest BCUT2D eigenvalue weighted by atomic mass is 35.5. The number of hydrogen-bond donors (Lipinski definition) is 1.